The molecule has 2 aromatic carbocycles. The number of pyridine rings is 1. The average Bonchev–Trinajstić information content (AvgIpc) is 2.64. The molecule has 0 saturated heterocycles. The van der Waals surface area contributed by atoms with E-state index in [1.807, 2.05) is 39.8 Å². The molecule has 1 N–H and O–H groups in total. The molecule has 146 valence electrons. The van der Waals surface area contributed by atoms with Crippen molar-refractivity contribution in [1.82, 2.24) is 10.3 Å². The molecule has 3 rings (SSSR count). The number of hydrogen-bond acceptors (Lipinski definition) is 3. The Morgan fingerprint density at radius 1 is 1.18 bits per heavy atom. The highest BCUT2D eigenvalue weighted by Crippen LogP contribution is 2.33. The van der Waals surface area contributed by atoms with Crippen LogP contribution in [0.5, 0.6) is 5.75 Å². The zero-order valence-electron chi connectivity index (χ0n) is 16.9. The molecule has 0 bridgehead atoms. The summed E-state index contributed by atoms with van der Waals surface area (Å²) in [5, 5.41) is 3.96. The van der Waals surface area contributed by atoms with E-state index in [0.717, 1.165) is 33.2 Å². The SMILES string of the molecule is COc1cc(-c2nc3ccc(C)cc3c(C)c2CC(=O)NC(C)C)ccc1F. The molecule has 1 heterocycles. The van der Waals surface area contributed by atoms with Crippen molar-refractivity contribution in [3.63, 3.8) is 0 Å². The molecule has 1 amide bonds. The van der Waals surface area contributed by atoms with Gasteiger partial charge in [0.1, 0.15) is 0 Å². The van der Waals surface area contributed by atoms with Gasteiger partial charge < -0.3 is 10.1 Å². The number of aromatic nitrogens is 1. The molecule has 0 saturated carbocycles. The van der Waals surface area contributed by atoms with Gasteiger partial charge >= 0.3 is 0 Å². The summed E-state index contributed by atoms with van der Waals surface area (Å²) in [6, 6.07) is 10.8. The number of amides is 1. The number of rotatable bonds is 5. The molecular formula is C23H25FN2O2. The fraction of sp³-hybridized carbons (Fsp3) is 0.304. The van der Waals surface area contributed by atoms with Crippen molar-refractivity contribution in [3.8, 4) is 17.0 Å². The van der Waals surface area contributed by atoms with Crippen LogP contribution in [0, 0.1) is 19.7 Å². The number of methoxy groups -OCH3 is 1. The van der Waals surface area contributed by atoms with Crippen molar-refractivity contribution >= 4 is 16.8 Å². The van der Waals surface area contributed by atoms with Crippen LogP contribution in [0.1, 0.15) is 30.5 Å². The number of benzene rings is 2. The van der Waals surface area contributed by atoms with Crippen LogP contribution in [0.15, 0.2) is 36.4 Å². The molecule has 0 unspecified atom stereocenters. The summed E-state index contributed by atoms with van der Waals surface area (Å²) >= 11 is 0. The monoisotopic (exact) mass is 380 g/mol. The first kappa shape index (κ1) is 19.8. The lowest BCUT2D eigenvalue weighted by atomic mass is 9.94. The maximum absolute atomic E-state index is 13.9. The lowest BCUT2D eigenvalue weighted by Crippen LogP contribution is -2.31. The molecule has 0 aliphatic heterocycles. The third-order valence-corrected chi connectivity index (χ3v) is 4.74. The van der Waals surface area contributed by atoms with Gasteiger partial charge in [0.15, 0.2) is 11.6 Å². The van der Waals surface area contributed by atoms with Crippen LogP contribution in [-0.4, -0.2) is 24.0 Å². The average molecular weight is 380 g/mol. The molecule has 0 radical (unpaired) electrons. The molecular weight excluding hydrogens is 355 g/mol. The Morgan fingerprint density at radius 2 is 1.93 bits per heavy atom. The first-order valence-electron chi connectivity index (χ1n) is 9.33. The number of ether oxygens (including phenoxy) is 1. The molecule has 0 aliphatic rings. The topological polar surface area (TPSA) is 51.2 Å². The fourth-order valence-electron chi connectivity index (χ4n) is 3.37. The Bertz CT molecular complexity index is 1040. The van der Waals surface area contributed by atoms with E-state index in [9.17, 15) is 9.18 Å². The lowest BCUT2D eigenvalue weighted by Gasteiger charge is -2.17. The van der Waals surface area contributed by atoms with Gasteiger partial charge in [0, 0.05) is 17.0 Å². The number of carbonyl (C=O) groups is 1. The minimum absolute atomic E-state index is 0.0535. The third-order valence-electron chi connectivity index (χ3n) is 4.74. The summed E-state index contributed by atoms with van der Waals surface area (Å²) in [6.07, 6.45) is 0.204. The number of nitrogens with one attached hydrogen (secondary N) is 1. The Balaban J connectivity index is 2.23. The molecule has 4 nitrogen and oxygen atoms in total. The smallest absolute Gasteiger partial charge is 0.224 e. The Labute approximate surface area is 164 Å². The standard InChI is InChI=1S/C23H25FN2O2/c1-13(2)25-22(27)12-18-15(4)17-10-14(3)6-9-20(17)26-23(18)16-7-8-19(24)21(11-16)28-5/h6-11,13H,12H2,1-5H3,(H,25,27). The summed E-state index contributed by atoms with van der Waals surface area (Å²) in [7, 11) is 1.43. The lowest BCUT2D eigenvalue weighted by molar-refractivity contribution is -0.120. The van der Waals surface area contributed by atoms with Crippen LogP contribution in [0.4, 0.5) is 4.39 Å². The number of fused-ring (bicyclic) bond motifs is 1. The van der Waals surface area contributed by atoms with E-state index < -0.39 is 5.82 Å². The second-order valence-corrected chi connectivity index (χ2v) is 7.33. The van der Waals surface area contributed by atoms with Crippen molar-refractivity contribution in [2.45, 2.75) is 40.2 Å². The number of halogens is 1. The number of hydrogen-bond donors (Lipinski definition) is 1. The first-order valence-corrected chi connectivity index (χ1v) is 9.33. The highest BCUT2D eigenvalue weighted by atomic mass is 19.1. The largest absolute Gasteiger partial charge is 0.494 e. The van der Waals surface area contributed by atoms with Crippen molar-refractivity contribution in [3.05, 3.63) is 58.9 Å². The Hall–Kier alpha value is -2.95. The van der Waals surface area contributed by atoms with Gasteiger partial charge in [-0.05, 0) is 69.2 Å². The predicted octanol–water partition coefficient (Wildman–Crippen LogP) is 4.73. The van der Waals surface area contributed by atoms with Gasteiger partial charge in [-0.3, -0.25) is 4.79 Å². The molecule has 3 aromatic rings. The van der Waals surface area contributed by atoms with Crippen molar-refractivity contribution in [2.24, 2.45) is 0 Å². The van der Waals surface area contributed by atoms with Crippen LogP contribution in [-0.2, 0) is 11.2 Å². The fourth-order valence-corrected chi connectivity index (χ4v) is 3.37. The molecule has 28 heavy (non-hydrogen) atoms. The minimum Gasteiger partial charge on any atom is -0.494 e. The number of aryl methyl sites for hydroxylation is 2. The van der Waals surface area contributed by atoms with Gasteiger partial charge in [0.25, 0.3) is 0 Å². The second kappa shape index (κ2) is 7.97. The molecule has 0 spiro atoms. The maximum atomic E-state index is 13.9. The maximum Gasteiger partial charge on any atom is 0.224 e. The zero-order chi connectivity index (χ0) is 20.4. The zero-order valence-corrected chi connectivity index (χ0v) is 16.9. The second-order valence-electron chi connectivity index (χ2n) is 7.33. The van der Waals surface area contributed by atoms with Crippen LogP contribution in [0.3, 0.4) is 0 Å². The summed E-state index contributed by atoms with van der Waals surface area (Å²) in [5.41, 5.74) is 5.21. The van der Waals surface area contributed by atoms with Crippen LogP contribution in [0.2, 0.25) is 0 Å². The summed E-state index contributed by atoms with van der Waals surface area (Å²) < 4.78 is 19.0. The molecule has 0 atom stereocenters. The van der Waals surface area contributed by atoms with Gasteiger partial charge in [-0.2, -0.15) is 0 Å². The molecule has 5 heteroatoms. The summed E-state index contributed by atoms with van der Waals surface area (Å²) in [6.45, 7) is 7.89. The quantitative estimate of drug-likeness (QED) is 0.696. The van der Waals surface area contributed by atoms with Crippen molar-refractivity contribution < 1.29 is 13.9 Å². The highest BCUT2D eigenvalue weighted by molar-refractivity contribution is 5.91. The highest BCUT2D eigenvalue weighted by Gasteiger charge is 2.18. The van der Waals surface area contributed by atoms with Gasteiger partial charge in [0.05, 0.1) is 24.7 Å². The first-order chi connectivity index (χ1) is 13.3. The van der Waals surface area contributed by atoms with E-state index >= 15 is 0 Å². The summed E-state index contributed by atoms with van der Waals surface area (Å²) in [5.74, 6) is -0.348. The third kappa shape index (κ3) is 3.98. The van der Waals surface area contributed by atoms with E-state index in [4.69, 9.17) is 9.72 Å². The number of carbonyl (C=O) groups excluding carboxylic acids is 1. The van der Waals surface area contributed by atoms with Crippen LogP contribution in [0.25, 0.3) is 22.2 Å². The van der Waals surface area contributed by atoms with E-state index in [1.165, 1.54) is 13.2 Å². The van der Waals surface area contributed by atoms with E-state index in [1.54, 1.807) is 12.1 Å². The van der Waals surface area contributed by atoms with Gasteiger partial charge in [-0.15, -0.1) is 0 Å². The van der Waals surface area contributed by atoms with Crippen LogP contribution >= 0.6 is 0 Å². The summed E-state index contributed by atoms with van der Waals surface area (Å²) in [4.78, 5) is 17.3. The van der Waals surface area contributed by atoms with Crippen molar-refractivity contribution in [2.75, 3.05) is 7.11 Å². The van der Waals surface area contributed by atoms with E-state index in [2.05, 4.69) is 11.4 Å². The van der Waals surface area contributed by atoms with E-state index in [0.29, 0.717) is 5.69 Å². The number of nitrogens with zero attached hydrogens (tertiary/aromatic N) is 1. The van der Waals surface area contributed by atoms with Gasteiger partial charge in [-0.1, -0.05) is 11.6 Å². The molecule has 1 aromatic heterocycles. The Kier molecular flexibility index (Phi) is 5.63. The predicted molar refractivity (Wildman–Crippen MR) is 110 cm³/mol. The van der Waals surface area contributed by atoms with E-state index in [-0.39, 0.29) is 24.1 Å². The normalized spacial score (nSPS) is 11.1. The Morgan fingerprint density at radius 3 is 2.61 bits per heavy atom. The molecule has 0 aliphatic carbocycles. The van der Waals surface area contributed by atoms with Crippen molar-refractivity contribution in [1.29, 1.82) is 0 Å². The molecule has 0 fully saturated rings. The minimum atomic E-state index is -0.432. The van der Waals surface area contributed by atoms with Gasteiger partial charge in [-0.25, -0.2) is 9.37 Å². The van der Waals surface area contributed by atoms with Gasteiger partial charge in [0.2, 0.25) is 5.91 Å². The van der Waals surface area contributed by atoms with Crippen LogP contribution < -0.4 is 10.1 Å².